The number of aromatic nitrogens is 2. The summed E-state index contributed by atoms with van der Waals surface area (Å²) in [5.74, 6) is -1.58. The van der Waals surface area contributed by atoms with Crippen molar-refractivity contribution in [3.63, 3.8) is 0 Å². The monoisotopic (exact) mass is 384 g/mol. The van der Waals surface area contributed by atoms with Crippen LogP contribution in [0.4, 0.5) is 8.78 Å². The highest BCUT2D eigenvalue weighted by atomic mass is 19.2. The molecule has 0 saturated carbocycles. The van der Waals surface area contributed by atoms with Crippen LogP contribution in [0.5, 0.6) is 0 Å². The van der Waals surface area contributed by atoms with Crippen LogP contribution in [-0.4, -0.2) is 57.4 Å². The molecule has 2 bridgehead atoms. The highest BCUT2D eigenvalue weighted by molar-refractivity contribution is 5.95. The fourth-order valence-electron chi connectivity index (χ4n) is 5.49. The van der Waals surface area contributed by atoms with Crippen molar-refractivity contribution >= 4 is 5.91 Å². The third-order valence-electron chi connectivity index (χ3n) is 6.78. The molecule has 0 N–H and O–H groups in total. The van der Waals surface area contributed by atoms with Crippen LogP contribution < -0.4 is 0 Å². The highest BCUT2D eigenvalue weighted by Crippen LogP contribution is 2.47. The van der Waals surface area contributed by atoms with Crippen molar-refractivity contribution in [2.24, 2.45) is 5.92 Å². The minimum Gasteiger partial charge on any atom is -0.333 e. The molecule has 0 unspecified atom stereocenters. The van der Waals surface area contributed by atoms with Gasteiger partial charge in [0.2, 0.25) is 0 Å². The van der Waals surface area contributed by atoms with E-state index >= 15 is 0 Å². The third-order valence-corrected chi connectivity index (χ3v) is 6.78. The van der Waals surface area contributed by atoms with Crippen molar-refractivity contribution in [3.8, 4) is 0 Å². The highest BCUT2D eigenvalue weighted by Gasteiger charge is 2.55. The first-order chi connectivity index (χ1) is 13.6. The molecule has 1 amide bonds. The Hall–Kier alpha value is -2.41. The first kappa shape index (κ1) is 17.7. The maximum Gasteiger partial charge on any atom is 0.257 e. The summed E-state index contributed by atoms with van der Waals surface area (Å²) in [5, 5.41) is 0. The minimum absolute atomic E-state index is 0.0160. The number of carbonyl (C=O) groups excluding carboxylic acids is 1. The Balaban J connectivity index is 1.57. The fraction of sp³-hybridized carbons (Fsp3) is 0.476. The number of fused-ring (bicyclic) bond motifs is 2. The quantitative estimate of drug-likeness (QED) is 0.799. The van der Waals surface area contributed by atoms with Gasteiger partial charge in [-0.25, -0.2) is 18.7 Å². The number of halogens is 2. The van der Waals surface area contributed by atoms with E-state index in [1.807, 2.05) is 4.90 Å². The lowest BCUT2D eigenvalue weighted by atomic mass is 9.75. The molecule has 4 saturated heterocycles. The standard InChI is InChI=1S/C21H22F2N4O/c1-12-15(9-24-11-25-12)21(28)27-10-16(14-3-2-4-17(22)18(14)23)20-19(27)13-5-7-26(20)8-6-13/h2-4,9,11,13,16,19-20H,5-8,10H2,1H3/t16-,19-,20-/m1/s1. The summed E-state index contributed by atoms with van der Waals surface area (Å²) in [6.45, 7) is 4.09. The number of amides is 1. The van der Waals surface area contributed by atoms with Crippen molar-refractivity contribution in [2.75, 3.05) is 19.6 Å². The number of hydrogen-bond acceptors (Lipinski definition) is 4. The van der Waals surface area contributed by atoms with Crippen molar-refractivity contribution < 1.29 is 13.6 Å². The molecule has 1 aromatic heterocycles. The molecule has 146 valence electrons. The van der Waals surface area contributed by atoms with Gasteiger partial charge in [-0.3, -0.25) is 9.69 Å². The van der Waals surface area contributed by atoms with Gasteiger partial charge < -0.3 is 4.90 Å². The summed E-state index contributed by atoms with van der Waals surface area (Å²) >= 11 is 0. The number of piperidine rings is 3. The molecular weight excluding hydrogens is 362 g/mol. The largest absolute Gasteiger partial charge is 0.333 e. The van der Waals surface area contributed by atoms with Crippen LogP contribution >= 0.6 is 0 Å². The Morgan fingerprint density at radius 2 is 1.96 bits per heavy atom. The van der Waals surface area contributed by atoms with Gasteiger partial charge in [0.05, 0.1) is 17.3 Å². The normalized spacial score (nSPS) is 31.1. The van der Waals surface area contributed by atoms with Crippen molar-refractivity contribution in [2.45, 2.75) is 37.8 Å². The van der Waals surface area contributed by atoms with Crippen LogP contribution in [0.25, 0.3) is 0 Å². The molecule has 5 nitrogen and oxygen atoms in total. The summed E-state index contributed by atoms with van der Waals surface area (Å²) in [6, 6.07) is 4.40. The van der Waals surface area contributed by atoms with Gasteiger partial charge in [0, 0.05) is 24.7 Å². The Bertz CT molecular complexity index is 928. The number of carbonyl (C=O) groups is 1. The lowest BCUT2D eigenvalue weighted by molar-refractivity contribution is -0.00364. The maximum atomic E-state index is 14.7. The number of benzene rings is 1. The molecule has 1 aromatic carbocycles. The number of hydrogen-bond donors (Lipinski definition) is 0. The second-order valence-electron chi connectivity index (χ2n) is 8.08. The van der Waals surface area contributed by atoms with Gasteiger partial charge >= 0.3 is 0 Å². The van der Waals surface area contributed by atoms with Crippen LogP contribution in [0, 0.1) is 24.5 Å². The lowest BCUT2D eigenvalue weighted by Gasteiger charge is -2.51. The molecular formula is C21H22F2N4O. The second-order valence-corrected chi connectivity index (χ2v) is 8.08. The molecule has 0 radical (unpaired) electrons. The Morgan fingerprint density at radius 1 is 1.18 bits per heavy atom. The van der Waals surface area contributed by atoms with Gasteiger partial charge in [-0.1, -0.05) is 12.1 Å². The van der Waals surface area contributed by atoms with Gasteiger partial charge in [-0.15, -0.1) is 0 Å². The number of nitrogens with zero attached hydrogens (tertiary/aromatic N) is 4. The van der Waals surface area contributed by atoms with Gasteiger partial charge in [0.25, 0.3) is 5.91 Å². The van der Waals surface area contributed by atoms with Crippen LogP contribution in [0.15, 0.2) is 30.7 Å². The van der Waals surface area contributed by atoms with Gasteiger partial charge in [-0.05, 0) is 50.4 Å². The molecule has 4 aliphatic heterocycles. The fourth-order valence-corrected chi connectivity index (χ4v) is 5.49. The van der Waals surface area contributed by atoms with Crippen LogP contribution in [-0.2, 0) is 0 Å². The summed E-state index contributed by atoms with van der Waals surface area (Å²) in [4.78, 5) is 25.8. The van der Waals surface area contributed by atoms with Crippen LogP contribution in [0.1, 0.15) is 40.4 Å². The first-order valence-corrected chi connectivity index (χ1v) is 9.82. The number of likely N-dealkylation sites (tertiary alicyclic amines) is 1. The molecule has 3 atom stereocenters. The molecule has 0 aliphatic carbocycles. The maximum absolute atomic E-state index is 14.7. The lowest BCUT2D eigenvalue weighted by Crippen LogP contribution is -2.60. The summed E-state index contributed by atoms with van der Waals surface area (Å²) < 4.78 is 28.6. The predicted molar refractivity (Wildman–Crippen MR) is 98.8 cm³/mol. The van der Waals surface area contributed by atoms with Crippen LogP contribution in [0.2, 0.25) is 0 Å². The van der Waals surface area contributed by atoms with E-state index in [0.29, 0.717) is 29.3 Å². The molecule has 6 rings (SSSR count). The van der Waals surface area contributed by atoms with E-state index in [4.69, 9.17) is 0 Å². The van der Waals surface area contributed by atoms with Crippen molar-refractivity contribution in [3.05, 3.63) is 59.2 Å². The smallest absolute Gasteiger partial charge is 0.257 e. The predicted octanol–water partition coefficient (Wildman–Crippen LogP) is 2.77. The van der Waals surface area contributed by atoms with Crippen molar-refractivity contribution in [1.29, 1.82) is 0 Å². The molecule has 5 heterocycles. The summed E-state index contributed by atoms with van der Waals surface area (Å²) in [7, 11) is 0. The van der Waals surface area contributed by atoms with E-state index < -0.39 is 11.6 Å². The summed E-state index contributed by atoms with van der Waals surface area (Å²) in [5.41, 5.74) is 1.50. The molecule has 28 heavy (non-hydrogen) atoms. The van der Waals surface area contributed by atoms with Gasteiger partial charge in [0.15, 0.2) is 11.6 Å². The minimum atomic E-state index is -0.831. The molecule has 2 aromatic rings. The number of aryl methyl sites for hydroxylation is 1. The van der Waals surface area contributed by atoms with E-state index in [0.717, 1.165) is 32.0 Å². The van der Waals surface area contributed by atoms with E-state index in [1.54, 1.807) is 25.3 Å². The zero-order valence-electron chi connectivity index (χ0n) is 15.7. The van der Waals surface area contributed by atoms with Crippen molar-refractivity contribution in [1.82, 2.24) is 19.8 Å². The molecule has 4 fully saturated rings. The molecule has 7 heteroatoms. The zero-order valence-corrected chi connectivity index (χ0v) is 15.7. The third kappa shape index (κ3) is 2.56. The van der Waals surface area contributed by atoms with Gasteiger partial charge in [0.1, 0.15) is 6.33 Å². The van der Waals surface area contributed by atoms with E-state index in [9.17, 15) is 13.6 Å². The SMILES string of the molecule is Cc1ncncc1C(=O)N1C[C@H](c2cccc(F)c2F)[C@@H]2[C@H]1C1CCN2CC1. The second kappa shape index (κ2) is 6.58. The molecule has 4 aliphatic rings. The van der Waals surface area contributed by atoms with E-state index in [-0.39, 0.29) is 23.9 Å². The topological polar surface area (TPSA) is 49.3 Å². The van der Waals surface area contributed by atoms with E-state index in [2.05, 4.69) is 14.9 Å². The average Bonchev–Trinajstić information content (AvgIpc) is 3.13. The molecule has 0 spiro atoms. The Kier molecular flexibility index (Phi) is 4.16. The summed E-state index contributed by atoms with van der Waals surface area (Å²) in [6.07, 6.45) is 5.05. The first-order valence-electron chi connectivity index (χ1n) is 9.82. The number of rotatable bonds is 2. The van der Waals surface area contributed by atoms with Gasteiger partial charge in [-0.2, -0.15) is 0 Å². The van der Waals surface area contributed by atoms with Crippen LogP contribution in [0.3, 0.4) is 0 Å². The average molecular weight is 384 g/mol. The zero-order chi connectivity index (χ0) is 19.4. The Labute approximate surface area is 162 Å². The van der Waals surface area contributed by atoms with E-state index in [1.165, 1.54) is 6.33 Å². The Morgan fingerprint density at radius 3 is 2.71 bits per heavy atom.